The van der Waals surface area contributed by atoms with E-state index >= 15 is 0 Å². The predicted octanol–water partition coefficient (Wildman–Crippen LogP) is 3.25. The average Bonchev–Trinajstić information content (AvgIpc) is 2.65. The van der Waals surface area contributed by atoms with Gasteiger partial charge in [-0.15, -0.1) is 24.0 Å². The third-order valence-corrected chi connectivity index (χ3v) is 4.53. The van der Waals surface area contributed by atoms with Crippen molar-refractivity contribution in [3.63, 3.8) is 0 Å². The van der Waals surface area contributed by atoms with E-state index in [9.17, 15) is 0 Å². The highest BCUT2D eigenvalue weighted by atomic mass is 127. The number of aromatic nitrogens is 1. The van der Waals surface area contributed by atoms with Gasteiger partial charge in [-0.05, 0) is 23.8 Å². The molecule has 134 valence electrons. The summed E-state index contributed by atoms with van der Waals surface area (Å²) in [5.41, 5.74) is 1.08. The second kappa shape index (κ2) is 9.82. The normalized spacial score (nSPS) is 14.9. The Morgan fingerprint density at radius 3 is 2.48 bits per heavy atom. The van der Waals surface area contributed by atoms with E-state index in [1.54, 1.807) is 0 Å². The third kappa shape index (κ3) is 5.22. The summed E-state index contributed by atoms with van der Waals surface area (Å²) >= 11 is 6.22. The summed E-state index contributed by atoms with van der Waals surface area (Å²) in [6.45, 7) is 4.37. The van der Waals surface area contributed by atoms with E-state index in [1.165, 1.54) is 0 Å². The Labute approximate surface area is 171 Å². The molecule has 0 spiro atoms. The number of guanidine groups is 1. The number of halogens is 2. The standard InChI is InChI=1S/C18H22ClN5.HI/c1-20-18(22-14-15-6-2-3-7-16(15)19)24-12-10-23(11-13-24)17-8-4-5-9-21-17;/h2-9H,10-14H2,1H3,(H,20,22);1H. The minimum absolute atomic E-state index is 0. The van der Waals surface area contributed by atoms with E-state index in [0.717, 1.165) is 48.5 Å². The van der Waals surface area contributed by atoms with E-state index in [0.29, 0.717) is 6.54 Å². The molecule has 5 nitrogen and oxygen atoms in total. The summed E-state index contributed by atoms with van der Waals surface area (Å²) in [7, 11) is 1.82. The number of benzene rings is 1. The van der Waals surface area contributed by atoms with E-state index in [2.05, 4.69) is 31.2 Å². The van der Waals surface area contributed by atoms with Crippen LogP contribution >= 0.6 is 35.6 Å². The molecule has 0 aliphatic carbocycles. The van der Waals surface area contributed by atoms with Gasteiger partial charge in [-0.1, -0.05) is 35.9 Å². The van der Waals surface area contributed by atoms with Crippen molar-refractivity contribution in [2.45, 2.75) is 6.54 Å². The van der Waals surface area contributed by atoms with Crippen molar-refractivity contribution in [1.29, 1.82) is 0 Å². The number of pyridine rings is 1. The lowest BCUT2D eigenvalue weighted by Gasteiger charge is -2.37. The quantitative estimate of drug-likeness (QED) is 0.424. The van der Waals surface area contributed by atoms with Gasteiger partial charge in [0.15, 0.2) is 5.96 Å². The number of hydrogen-bond acceptors (Lipinski definition) is 3. The molecule has 0 amide bonds. The first-order chi connectivity index (χ1) is 11.8. The molecule has 0 unspecified atom stereocenters. The van der Waals surface area contributed by atoms with Crippen LogP contribution in [0.1, 0.15) is 5.56 Å². The summed E-state index contributed by atoms with van der Waals surface area (Å²) in [5, 5.41) is 4.19. The molecule has 0 radical (unpaired) electrons. The lowest BCUT2D eigenvalue weighted by Crippen LogP contribution is -2.52. The van der Waals surface area contributed by atoms with Crippen LogP contribution in [0.4, 0.5) is 5.82 Å². The van der Waals surface area contributed by atoms with Crippen molar-refractivity contribution in [2.75, 3.05) is 38.1 Å². The number of nitrogens with one attached hydrogen (secondary N) is 1. The third-order valence-electron chi connectivity index (χ3n) is 4.16. The van der Waals surface area contributed by atoms with Crippen LogP contribution < -0.4 is 10.2 Å². The van der Waals surface area contributed by atoms with Gasteiger partial charge in [-0.2, -0.15) is 0 Å². The minimum Gasteiger partial charge on any atom is -0.353 e. The van der Waals surface area contributed by atoms with Gasteiger partial charge in [-0.25, -0.2) is 4.98 Å². The molecule has 2 aromatic rings. The van der Waals surface area contributed by atoms with Crippen LogP contribution in [-0.4, -0.2) is 49.1 Å². The van der Waals surface area contributed by atoms with E-state index in [1.807, 2.05) is 49.6 Å². The Hall–Kier alpha value is -1.54. The van der Waals surface area contributed by atoms with Gasteiger partial charge in [0, 0.05) is 51.0 Å². The monoisotopic (exact) mass is 471 g/mol. The van der Waals surface area contributed by atoms with E-state index in [4.69, 9.17) is 11.6 Å². The van der Waals surface area contributed by atoms with Gasteiger partial charge in [0.1, 0.15) is 5.82 Å². The fourth-order valence-corrected chi connectivity index (χ4v) is 3.04. The molecule has 0 bridgehead atoms. The predicted molar refractivity (Wildman–Crippen MR) is 115 cm³/mol. The van der Waals surface area contributed by atoms with Gasteiger partial charge in [0.25, 0.3) is 0 Å². The van der Waals surface area contributed by atoms with Crippen LogP contribution in [0.3, 0.4) is 0 Å². The lowest BCUT2D eigenvalue weighted by atomic mass is 10.2. The molecule has 1 aromatic carbocycles. The van der Waals surface area contributed by atoms with Crippen molar-refractivity contribution < 1.29 is 0 Å². The first-order valence-electron chi connectivity index (χ1n) is 8.13. The summed E-state index contributed by atoms with van der Waals surface area (Å²) in [4.78, 5) is 13.4. The van der Waals surface area contributed by atoms with Gasteiger partial charge < -0.3 is 15.1 Å². The molecule has 0 atom stereocenters. The number of aliphatic imine (C=N–C) groups is 1. The summed E-state index contributed by atoms with van der Waals surface area (Å²) < 4.78 is 0. The maximum absolute atomic E-state index is 6.22. The zero-order chi connectivity index (χ0) is 16.8. The molecule has 3 rings (SSSR count). The number of hydrogen-bond donors (Lipinski definition) is 1. The second-order valence-corrected chi connectivity index (χ2v) is 6.06. The molecule has 2 heterocycles. The van der Waals surface area contributed by atoms with Crippen LogP contribution in [0.5, 0.6) is 0 Å². The first kappa shape index (κ1) is 19.8. The molecule has 1 aliphatic heterocycles. The summed E-state index contributed by atoms with van der Waals surface area (Å²) in [6.07, 6.45) is 1.84. The molecule has 25 heavy (non-hydrogen) atoms. The lowest BCUT2D eigenvalue weighted by molar-refractivity contribution is 0.371. The molecule has 1 N–H and O–H groups in total. The minimum atomic E-state index is 0. The SMILES string of the molecule is CN=C(NCc1ccccc1Cl)N1CCN(c2ccccn2)CC1.I. The van der Waals surface area contributed by atoms with Crippen LogP contribution in [0, 0.1) is 0 Å². The van der Waals surface area contributed by atoms with E-state index < -0.39 is 0 Å². The topological polar surface area (TPSA) is 43.8 Å². The Morgan fingerprint density at radius 2 is 1.84 bits per heavy atom. The van der Waals surface area contributed by atoms with Crippen LogP contribution in [-0.2, 0) is 6.54 Å². The molecule has 1 saturated heterocycles. The molecular weight excluding hydrogens is 449 g/mol. The van der Waals surface area contributed by atoms with Gasteiger partial charge in [-0.3, -0.25) is 4.99 Å². The molecular formula is C18H23ClIN5. The highest BCUT2D eigenvalue weighted by Gasteiger charge is 2.20. The number of piperazine rings is 1. The van der Waals surface area contributed by atoms with Crippen molar-refractivity contribution in [3.05, 3.63) is 59.2 Å². The van der Waals surface area contributed by atoms with Crippen LogP contribution in [0.25, 0.3) is 0 Å². The highest BCUT2D eigenvalue weighted by Crippen LogP contribution is 2.15. The smallest absolute Gasteiger partial charge is 0.194 e. The number of nitrogens with zero attached hydrogens (tertiary/aromatic N) is 4. The Balaban J connectivity index is 0.00000225. The molecule has 0 saturated carbocycles. The average molecular weight is 472 g/mol. The Morgan fingerprint density at radius 1 is 1.12 bits per heavy atom. The fourth-order valence-electron chi connectivity index (χ4n) is 2.84. The molecule has 1 aliphatic rings. The van der Waals surface area contributed by atoms with Gasteiger partial charge in [0.2, 0.25) is 0 Å². The number of anilines is 1. The maximum atomic E-state index is 6.22. The molecule has 1 fully saturated rings. The molecule has 1 aromatic heterocycles. The summed E-state index contributed by atoms with van der Waals surface area (Å²) in [6, 6.07) is 13.9. The van der Waals surface area contributed by atoms with Gasteiger partial charge >= 0.3 is 0 Å². The summed E-state index contributed by atoms with van der Waals surface area (Å²) in [5.74, 6) is 1.95. The zero-order valence-electron chi connectivity index (χ0n) is 14.2. The van der Waals surface area contributed by atoms with Crippen molar-refractivity contribution >= 4 is 47.4 Å². The first-order valence-corrected chi connectivity index (χ1v) is 8.50. The Kier molecular flexibility index (Phi) is 7.77. The van der Waals surface area contributed by atoms with Crippen LogP contribution in [0.15, 0.2) is 53.7 Å². The number of rotatable bonds is 3. The van der Waals surface area contributed by atoms with Crippen molar-refractivity contribution in [3.8, 4) is 0 Å². The second-order valence-electron chi connectivity index (χ2n) is 5.65. The van der Waals surface area contributed by atoms with Gasteiger partial charge in [0.05, 0.1) is 0 Å². The largest absolute Gasteiger partial charge is 0.353 e. The maximum Gasteiger partial charge on any atom is 0.194 e. The van der Waals surface area contributed by atoms with Crippen LogP contribution in [0.2, 0.25) is 5.02 Å². The fraction of sp³-hybridized carbons (Fsp3) is 0.333. The Bertz CT molecular complexity index is 687. The zero-order valence-corrected chi connectivity index (χ0v) is 17.3. The highest BCUT2D eigenvalue weighted by molar-refractivity contribution is 14.0. The van der Waals surface area contributed by atoms with Crippen molar-refractivity contribution in [1.82, 2.24) is 15.2 Å². The van der Waals surface area contributed by atoms with Crippen molar-refractivity contribution in [2.24, 2.45) is 4.99 Å². The van der Waals surface area contributed by atoms with E-state index in [-0.39, 0.29) is 24.0 Å². The molecule has 7 heteroatoms.